The summed E-state index contributed by atoms with van der Waals surface area (Å²) in [4.78, 5) is 12.0. The van der Waals surface area contributed by atoms with Crippen LogP contribution in [0.15, 0.2) is 24.3 Å². The Bertz CT molecular complexity index is 395. The SMILES string of the molecule is CCC(CSC)NC(=O)[C@H](N)Cc1ccc(O)cc1. The summed E-state index contributed by atoms with van der Waals surface area (Å²) >= 11 is 1.71. The maximum absolute atomic E-state index is 12.0. The average molecular weight is 282 g/mol. The Kier molecular flexibility index (Phi) is 6.73. The molecule has 0 aliphatic carbocycles. The molecule has 0 aromatic heterocycles. The molecule has 1 aromatic carbocycles. The lowest BCUT2D eigenvalue weighted by Crippen LogP contribution is -2.47. The zero-order chi connectivity index (χ0) is 14.3. The van der Waals surface area contributed by atoms with Crippen LogP contribution in [0.3, 0.4) is 0 Å². The van der Waals surface area contributed by atoms with E-state index in [-0.39, 0.29) is 17.7 Å². The number of carbonyl (C=O) groups is 1. The van der Waals surface area contributed by atoms with Gasteiger partial charge in [0.25, 0.3) is 0 Å². The molecule has 19 heavy (non-hydrogen) atoms. The molecule has 1 aromatic rings. The van der Waals surface area contributed by atoms with Crippen molar-refractivity contribution in [1.29, 1.82) is 0 Å². The third-order valence-corrected chi connectivity index (χ3v) is 3.67. The molecule has 0 bridgehead atoms. The van der Waals surface area contributed by atoms with Crippen LogP contribution in [0.2, 0.25) is 0 Å². The van der Waals surface area contributed by atoms with E-state index in [1.54, 1.807) is 36.0 Å². The van der Waals surface area contributed by atoms with Crippen LogP contribution in [0.5, 0.6) is 5.75 Å². The lowest BCUT2D eigenvalue weighted by Gasteiger charge is -2.19. The molecule has 0 radical (unpaired) electrons. The second kappa shape index (κ2) is 8.07. The highest BCUT2D eigenvalue weighted by molar-refractivity contribution is 7.98. The molecule has 0 fully saturated rings. The Hall–Kier alpha value is -1.20. The molecule has 1 amide bonds. The van der Waals surface area contributed by atoms with Gasteiger partial charge in [-0.05, 0) is 36.8 Å². The summed E-state index contributed by atoms with van der Waals surface area (Å²) in [6.07, 6.45) is 3.39. The van der Waals surface area contributed by atoms with Crippen molar-refractivity contribution in [2.75, 3.05) is 12.0 Å². The highest BCUT2D eigenvalue weighted by Gasteiger charge is 2.17. The largest absolute Gasteiger partial charge is 0.508 e. The van der Waals surface area contributed by atoms with E-state index in [4.69, 9.17) is 5.73 Å². The fraction of sp³-hybridized carbons (Fsp3) is 0.500. The lowest BCUT2D eigenvalue weighted by atomic mass is 10.1. The van der Waals surface area contributed by atoms with E-state index in [0.29, 0.717) is 6.42 Å². The van der Waals surface area contributed by atoms with Crippen LogP contribution < -0.4 is 11.1 Å². The van der Waals surface area contributed by atoms with Gasteiger partial charge in [-0.15, -0.1) is 0 Å². The summed E-state index contributed by atoms with van der Waals surface area (Å²) in [7, 11) is 0. The van der Waals surface area contributed by atoms with Gasteiger partial charge in [0.15, 0.2) is 0 Å². The number of amides is 1. The first kappa shape index (κ1) is 15.9. The van der Waals surface area contributed by atoms with Crippen molar-refractivity contribution in [2.24, 2.45) is 5.73 Å². The van der Waals surface area contributed by atoms with Crippen molar-refractivity contribution in [3.05, 3.63) is 29.8 Å². The van der Waals surface area contributed by atoms with E-state index in [9.17, 15) is 9.90 Å². The van der Waals surface area contributed by atoms with Crippen LogP contribution >= 0.6 is 11.8 Å². The van der Waals surface area contributed by atoms with E-state index < -0.39 is 6.04 Å². The standard InChI is InChI=1S/C14H22N2O2S/c1-3-11(9-19-2)16-14(18)13(15)8-10-4-6-12(17)7-5-10/h4-7,11,13,17H,3,8-9,15H2,1-2H3,(H,16,18)/t11?,13-/m1/s1. The smallest absolute Gasteiger partial charge is 0.237 e. The second-order valence-electron chi connectivity index (χ2n) is 4.55. The van der Waals surface area contributed by atoms with Gasteiger partial charge in [-0.2, -0.15) is 11.8 Å². The lowest BCUT2D eigenvalue weighted by molar-refractivity contribution is -0.122. The maximum Gasteiger partial charge on any atom is 0.237 e. The first-order valence-corrected chi connectivity index (χ1v) is 7.79. The Morgan fingerprint density at radius 2 is 2.05 bits per heavy atom. The van der Waals surface area contributed by atoms with Gasteiger partial charge in [0.1, 0.15) is 5.75 Å². The summed E-state index contributed by atoms with van der Waals surface area (Å²) in [6, 6.07) is 6.38. The number of carbonyl (C=O) groups excluding carboxylic acids is 1. The van der Waals surface area contributed by atoms with Gasteiger partial charge in [0, 0.05) is 11.8 Å². The molecule has 0 aliphatic rings. The van der Waals surface area contributed by atoms with Crippen molar-refractivity contribution >= 4 is 17.7 Å². The molecule has 4 nitrogen and oxygen atoms in total. The molecule has 1 unspecified atom stereocenters. The van der Waals surface area contributed by atoms with Gasteiger partial charge in [-0.3, -0.25) is 4.79 Å². The van der Waals surface area contributed by atoms with E-state index in [1.807, 2.05) is 13.2 Å². The molecule has 0 spiro atoms. The zero-order valence-corrected chi connectivity index (χ0v) is 12.2. The Labute approximate surface area is 118 Å². The van der Waals surface area contributed by atoms with Crippen LogP contribution in [-0.2, 0) is 11.2 Å². The van der Waals surface area contributed by atoms with E-state index in [1.165, 1.54) is 0 Å². The fourth-order valence-corrected chi connectivity index (χ4v) is 2.47. The predicted molar refractivity (Wildman–Crippen MR) is 80.4 cm³/mol. The minimum Gasteiger partial charge on any atom is -0.508 e. The predicted octanol–water partition coefficient (Wildman–Crippen LogP) is 1.52. The van der Waals surface area contributed by atoms with E-state index in [2.05, 4.69) is 5.32 Å². The van der Waals surface area contributed by atoms with Crippen LogP contribution in [0.1, 0.15) is 18.9 Å². The van der Waals surface area contributed by atoms with E-state index >= 15 is 0 Å². The van der Waals surface area contributed by atoms with E-state index in [0.717, 1.165) is 17.7 Å². The average Bonchev–Trinajstić information content (AvgIpc) is 2.40. The first-order chi connectivity index (χ1) is 9.06. The second-order valence-corrected chi connectivity index (χ2v) is 5.46. The molecule has 1 rings (SSSR count). The molecule has 5 heteroatoms. The summed E-state index contributed by atoms with van der Waals surface area (Å²) < 4.78 is 0. The van der Waals surface area contributed by atoms with Crippen LogP contribution in [0, 0.1) is 0 Å². The summed E-state index contributed by atoms with van der Waals surface area (Å²) in [5.41, 5.74) is 6.85. The molecule has 106 valence electrons. The molecule has 0 aliphatic heterocycles. The van der Waals surface area contributed by atoms with Gasteiger partial charge in [-0.1, -0.05) is 19.1 Å². The minimum atomic E-state index is -0.555. The summed E-state index contributed by atoms with van der Waals surface area (Å²) in [5, 5.41) is 12.2. The van der Waals surface area contributed by atoms with Gasteiger partial charge in [0.05, 0.1) is 6.04 Å². The van der Waals surface area contributed by atoms with Gasteiger partial charge in [-0.25, -0.2) is 0 Å². The minimum absolute atomic E-state index is 0.117. The number of aromatic hydroxyl groups is 1. The summed E-state index contributed by atoms with van der Waals surface area (Å²) in [6.45, 7) is 2.05. The van der Waals surface area contributed by atoms with Crippen LogP contribution in [0.25, 0.3) is 0 Å². The van der Waals surface area contributed by atoms with Crippen LogP contribution in [-0.4, -0.2) is 35.1 Å². The number of thioether (sulfide) groups is 1. The highest BCUT2D eigenvalue weighted by atomic mass is 32.2. The number of nitrogens with two attached hydrogens (primary N) is 1. The molecular weight excluding hydrogens is 260 g/mol. The molecule has 0 saturated heterocycles. The number of benzene rings is 1. The van der Waals surface area contributed by atoms with Crippen molar-refractivity contribution in [1.82, 2.24) is 5.32 Å². The molecular formula is C14H22N2O2S. The Morgan fingerprint density at radius 1 is 1.42 bits per heavy atom. The number of phenols is 1. The van der Waals surface area contributed by atoms with Gasteiger partial charge < -0.3 is 16.2 Å². The number of hydrogen-bond donors (Lipinski definition) is 3. The quantitative estimate of drug-likeness (QED) is 0.709. The zero-order valence-electron chi connectivity index (χ0n) is 11.4. The number of nitrogens with one attached hydrogen (secondary N) is 1. The maximum atomic E-state index is 12.0. The first-order valence-electron chi connectivity index (χ1n) is 6.39. The van der Waals surface area contributed by atoms with Crippen molar-refractivity contribution in [3.8, 4) is 5.75 Å². The topological polar surface area (TPSA) is 75.4 Å². The third-order valence-electron chi connectivity index (χ3n) is 2.94. The van der Waals surface area contributed by atoms with Gasteiger partial charge in [0.2, 0.25) is 5.91 Å². The van der Waals surface area contributed by atoms with Crippen LogP contribution in [0.4, 0.5) is 0 Å². The number of hydrogen-bond acceptors (Lipinski definition) is 4. The van der Waals surface area contributed by atoms with Gasteiger partial charge >= 0.3 is 0 Å². The van der Waals surface area contributed by atoms with Crippen molar-refractivity contribution in [2.45, 2.75) is 31.8 Å². The molecule has 2 atom stereocenters. The number of phenolic OH excluding ortho intramolecular Hbond substituents is 1. The van der Waals surface area contributed by atoms with Crippen molar-refractivity contribution < 1.29 is 9.90 Å². The monoisotopic (exact) mass is 282 g/mol. The van der Waals surface area contributed by atoms with Crippen molar-refractivity contribution in [3.63, 3.8) is 0 Å². The molecule has 0 heterocycles. The molecule has 0 saturated carbocycles. The highest BCUT2D eigenvalue weighted by Crippen LogP contribution is 2.11. The third kappa shape index (κ3) is 5.53. The fourth-order valence-electron chi connectivity index (χ4n) is 1.75. The Morgan fingerprint density at radius 3 is 2.58 bits per heavy atom. The number of rotatable bonds is 7. The summed E-state index contributed by atoms with van der Waals surface area (Å²) in [5.74, 6) is 0.996. The normalized spacial score (nSPS) is 13.8. The Balaban J connectivity index is 2.50. The molecule has 4 N–H and O–H groups in total.